The first kappa shape index (κ1) is 24.6. The second kappa shape index (κ2) is 10.3. The standard InChI is InChI=1S/C22H26N7O4S/c1-29(2,22-25-19(32-3)14-20(26-22)33-4)15-24-27-21(23)28-34(30,31)18-13-9-8-12-17(18)16-10-6-5-7-11-16/h5-15H,1-4H3,(H3,23,27,28)/q+1. The maximum atomic E-state index is 12.9. The maximum Gasteiger partial charge on any atom is 0.341 e. The summed E-state index contributed by atoms with van der Waals surface area (Å²) in [6.07, 6.45) is 1.42. The molecule has 3 N–H and O–H groups in total. The van der Waals surface area contributed by atoms with Crippen molar-refractivity contribution in [2.45, 2.75) is 4.90 Å². The topological polar surface area (TPSA) is 141 Å². The second-order valence-corrected chi connectivity index (χ2v) is 9.04. The SMILES string of the molecule is COc1cc(OC)nc([N+](C)(C)C=NNC(N)=NS(=O)(=O)c2ccccc2-c2ccccc2)n1. The van der Waals surface area contributed by atoms with Crippen molar-refractivity contribution in [2.24, 2.45) is 15.2 Å². The Hall–Kier alpha value is -4.03. The second-order valence-electron chi connectivity index (χ2n) is 7.46. The van der Waals surface area contributed by atoms with Gasteiger partial charge in [-0.2, -0.15) is 8.42 Å². The maximum absolute atomic E-state index is 12.9. The molecule has 0 spiro atoms. The van der Waals surface area contributed by atoms with Crippen LogP contribution in [0.3, 0.4) is 0 Å². The molecule has 0 saturated carbocycles. The van der Waals surface area contributed by atoms with Gasteiger partial charge in [-0.05, 0) is 11.6 Å². The molecular weight excluding hydrogens is 458 g/mol. The number of nitrogens with two attached hydrogens (primary N) is 1. The fourth-order valence-electron chi connectivity index (χ4n) is 2.90. The molecule has 3 rings (SSSR count). The number of guanidine groups is 1. The molecule has 0 amide bonds. The fourth-order valence-corrected chi connectivity index (χ4v) is 4.01. The van der Waals surface area contributed by atoms with Crippen LogP contribution in [0.1, 0.15) is 0 Å². The summed E-state index contributed by atoms with van der Waals surface area (Å²) in [6.45, 7) is 0. The van der Waals surface area contributed by atoms with Gasteiger partial charge in [-0.15, -0.1) is 19.5 Å². The number of sulfonamides is 1. The molecule has 178 valence electrons. The Labute approximate surface area is 198 Å². The first-order chi connectivity index (χ1) is 16.2. The Morgan fingerprint density at radius 1 is 1.00 bits per heavy atom. The summed E-state index contributed by atoms with van der Waals surface area (Å²) in [7, 11) is 2.35. The summed E-state index contributed by atoms with van der Waals surface area (Å²) < 4.78 is 39.9. The van der Waals surface area contributed by atoms with Crippen LogP contribution >= 0.6 is 0 Å². The van der Waals surface area contributed by atoms with Crippen LogP contribution in [-0.2, 0) is 10.0 Å². The summed E-state index contributed by atoms with van der Waals surface area (Å²) in [4.78, 5) is 8.61. The minimum Gasteiger partial charge on any atom is -0.481 e. The summed E-state index contributed by atoms with van der Waals surface area (Å²) in [5.74, 6) is 0.558. The average Bonchev–Trinajstić information content (AvgIpc) is 2.83. The van der Waals surface area contributed by atoms with Crippen molar-refractivity contribution in [2.75, 3.05) is 28.3 Å². The lowest BCUT2D eigenvalue weighted by Crippen LogP contribution is -2.42. The predicted molar refractivity (Wildman–Crippen MR) is 131 cm³/mol. The molecule has 0 saturated heterocycles. The summed E-state index contributed by atoms with van der Waals surface area (Å²) in [6, 6.07) is 17.3. The Bertz CT molecular complexity index is 1290. The van der Waals surface area contributed by atoms with E-state index in [4.69, 9.17) is 15.2 Å². The van der Waals surface area contributed by atoms with E-state index >= 15 is 0 Å². The molecule has 11 nitrogen and oxygen atoms in total. The largest absolute Gasteiger partial charge is 0.481 e. The number of hydrogen-bond acceptors (Lipinski definition) is 7. The van der Waals surface area contributed by atoms with Crippen molar-refractivity contribution in [1.29, 1.82) is 0 Å². The minimum absolute atomic E-state index is 0.0303. The zero-order valence-electron chi connectivity index (χ0n) is 19.2. The molecule has 0 radical (unpaired) electrons. The van der Waals surface area contributed by atoms with Crippen LogP contribution in [0.25, 0.3) is 11.1 Å². The zero-order valence-corrected chi connectivity index (χ0v) is 20.0. The smallest absolute Gasteiger partial charge is 0.341 e. The molecule has 3 aromatic rings. The number of ether oxygens (including phenoxy) is 2. The van der Waals surface area contributed by atoms with Crippen LogP contribution in [0.15, 0.2) is 75.1 Å². The third kappa shape index (κ3) is 5.85. The quantitative estimate of drug-likeness (QED) is 0.214. The fraction of sp³-hybridized carbons (Fsp3) is 0.182. The van der Waals surface area contributed by atoms with E-state index in [1.807, 2.05) is 30.3 Å². The molecule has 0 bridgehead atoms. The third-order valence-electron chi connectivity index (χ3n) is 4.59. The van der Waals surface area contributed by atoms with Crippen LogP contribution < -0.4 is 25.1 Å². The van der Waals surface area contributed by atoms with E-state index in [0.717, 1.165) is 5.56 Å². The molecule has 0 fully saturated rings. The number of hydrazone groups is 1. The molecule has 0 atom stereocenters. The summed E-state index contributed by atoms with van der Waals surface area (Å²) in [5, 5.41) is 4.00. The monoisotopic (exact) mass is 484 g/mol. The normalized spacial score (nSPS) is 12.5. The van der Waals surface area contributed by atoms with E-state index in [2.05, 4.69) is 24.9 Å². The van der Waals surface area contributed by atoms with E-state index in [1.54, 1.807) is 38.4 Å². The number of hydrogen-bond donors (Lipinski definition) is 2. The van der Waals surface area contributed by atoms with Gasteiger partial charge in [0.1, 0.15) is 0 Å². The highest BCUT2D eigenvalue weighted by molar-refractivity contribution is 7.90. The molecule has 1 heterocycles. The average molecular weight is 485 g/mol. The van der Waals surface area contributed by atoms with Gasteiger partial charge in [-0.25, -0.2) is 9.91 Å². The summed E-state index contributed by atoms with van der Waals surface area (Å²) >= 11 is 0. The van der Waals surface area contributed by atoms with E-state index in [1.165, 1.54) is 26.6 Å². The van der Waals surface area contributed by atoms with Gasteiger partial charge in [0.05, 0.1) is 39.3 Å². The molecule has 0 aliphatic heterocycles. The highest BCUT2D eigenvalue weighted by atomic mass is 32.2. The van der Waals surface area contributed by atoms with Crippen molar-refractivity contribution in [3.05, 3.63) is 60.7 Å². The summed E-state index contributed by atoms with van der Waals surface area (Å²) in [5.41, 5.74) is 9.51. The highest BCUT2D eigenvalue weighted by Gasteiger charge is 2.24. The lowest BCUT2D eigenvalue weighted by Gasteiger charge is -2.20. The van der Waals surface area contributed by atoms with E-state index < -0.39 is 16.0 Å². The van der Waals surface area contributed by atoms with Crippen LogP contribution in [0.4, 0.5) is 5.95 Å². The van der Waals surface area contributed by atoms with Gasteiger partial charge in [0.15, 0.2) is 0 Å². The van der Waals surface area contributed by atoms with Gasteiger partial charge in [-0.3, -0.25) is 0 Å². The molecule has 0 unspecified atom stereocenters. The zero-order chi connectivity index (χ0) is 24.8. The van der Waals surface area contributed by atoms with Gasteiger partial charge in [0.25, 0.3) is 10.0 Å². The van der Waals surface area contributed by atoms with Crippen molar-refractivity contribution < 1.29 is 17.9 Å². The number of benzene rings is 2. The Balaban J connectivity index is 1.82. The number of nitrogens with one attached hydrogen (secondary N) is 1. The van der Waals surface area contributed by atoms with Gasteiger partial charge >= 0.3 is 5.95 Å². The van der Waals surface area contributed by atoms with E-state index in [9.17, 15) is 8.42 Å². The molecule has 34 heavy (non-hydrogen) atoms. The Morgan fingerprint density at radius 2 is 1.59 bits per heavy atom. The van der Waals surface area contributed by atoms with Gasteiger partial charge < -0.3 is 15.2 Å². The van der Waals surface area contributed by atoms with Gasteiger partial charge in [-0.1, -0.05) is 48.5 Å². The lowest BCUT2D eigenvalue weighted by atomic mass is 10.1. The Morgan fingerprint density at radius 3 is 2.21 bits per heavy atom. The van der Waals surface area contributed by atoms with Crippen LogP contribution in [0.2, 0.25) is 0 Å². The molecule has 0 aliphatic carbocycles. The first-order valence-electron chi connectivity index (χ1n) is 10.0. The molecule has 12 heteroatoms. The number of aromatic nitrogens is 2. The van der Waals surface area contributed by atoms with Crippen molar-refractivity contribution in [1.82, 2.24) is 19.9 Å². The van der Waals surface area contributed by atoms with Crippen molar-refractivity contribution in [3.63, 3.8) is 0 Å². The van der Waals surface area contributed by atoms with Crippen molar-refractivity contribution >= 4 is 28.3 Å². The van der Waals surface area contributed by atoms with Crippen molar-refractivity contribution in [3.8, 4) is 22.9 Å². The van der Waals surface area contributed by atoms with Crippen LogP contribution in [0, 0.1) is 0 Å². The van der Waals surface area contributed by atoms with Gasteiger partial charge in [0.2, 0.25) is 24.1 Å². The number of nitrogens with zero attached hydrogens (tertiary/aromatic N) is 5. The number of quaternary nitrogens is 1. The number of methoxy groups -OCH3 is 2. The Kier molecular flexibility index (Phi) is 7.44. The molecule has 2 aromatic carbocycles. The molecule has 0 aliphatic rings. The van der Waals surface area contributed by atoms with E-state index in [-0.39, 0.29) is 9.38 Å². The predicted octanol–water partition coefficient (Wildman–Crippen LogP) is 1.96. The molecular formula is C22H26N7O4S+. The molecule has 1 aromatic heterocycles. The van der Waals surface area contributed by atoms with Crippen LogP contribution in [0.5, 0.6) is 11.8 Å². The highest BCUT2D eigenvalue weighted by Crippen LogP contribution is 2.28. The first-order valence-corrected chi connectivity index (χ1v) is 11.5. The lowest BCUT2D eigenvalue weighted by molar-refractivity contribution is 0.365. The van der Waals surface area contributed by atoms with E-state index in [0.29, 0.717) is 23.3 Å². The third-order valence-corrected chi connectivity index (χ3v) is 5.94. The number of rotatable bonds is 8. The van der Waals surface area contributed by atoms with Gasteiger partial charge in [0, 0.05) is 5.56 Å². The van der Waals surface area contributed by atoms with Crippen LogP contribution in [-0.4, -0.2) is 59.0 Å². The minimum atomic E-state index is -4.11.